The molecule has 0 atom stereocenters. The van der Waals surface area contributed by atoms with Gasteiger partial charge in [0.25, 0.3) is 0 Å². The molecule has 0 bridgehead atoms. The van der Waals surface area contributed by atoms with Gasteiger partial charge >= 0.3 is 0 Å². The molecule has 10 aromatic rings. The maximum Gasteiger partial charge on any atom is 0.0327 e. The fourth-order valence-electron chi connectivity index (χ4n) is 7.29. The Labute approximate surface area is 266 Å². The third-order valence-electron chi connectivity index (χ3n) is 9.65. The molecule has 0 saturated heterocycles. The van der Waals surface area contributed by atoms with Crippen molar-refractivity contribution in [3.8, 4) is 11.8 Å². The van der Waals surface area contributed by atoms with Crippen molar-refractivity contribution in [2.24, 2.45) is 0 Å². The van der Waals surface area contributed by atoms with Gasteiger partial charge in [0.2, 0.25) is 0 Å². The highest BCUT2D eigenvalue weighted by Crippen LogP contribution is 2.33. The lowest BCUT2D eigenvalue weighted by Crippen LogP contribution is -1.85. The highest BCUT2D eigenvalue weighted by Gasteiger charge is 2.08. The van der Waals surface area contributed by atoms with E-state index in [2.05, 4.69) is 170 Å². The first-order chi connectivity index (χ1) is 22.7. The SMILES string of the molecule is C(#Cc1cccc2cc3cc4cc5ccccc5cc4cc3cc12)c1cccc2cc3cc4cc5ccccc5cc4cc3cc12. The molecule has 0 heterocycles. The van der Waals surface area contributed by atoms with Crippen LogP contribution >= 0.6 is 0 Å². The lowest BCUT2D eigenvalue weighted by molar-refractivity contribution is 1.71. The first kappa shape index (κ1) is 25.2. The van der Waals surface area contributed by atoms with E-state index in [-0.39, 0.29) is 0 Å². The zero-order valence-electron chi connectivity index (χ0n) is 25.0. The van der Waals surface area contributed by atoms with Crippen LogP contribution in [0.25, 0.3) is 86.2 Å². The van der Waals surface area contributed by atoms with E-state index in [1.165, 1.54) is 86.2 Å². The summed E-state index contributed by atoms with van der Waals surface area (Å²) in [5, 5.41) is 19.9. The number of rotatable bonds is 0. The highest BCUT2D eigenvalue weighted by molar-refractivity contribution is 6.10. The van der Waals surface area contributed by atoms with Crippen molar-refractivity contribution in [1.29, 1.82) is 0 Å². The molecule has 0 aliphatic carbocycles. The van der Waals surface area contributed by atoms with E-state index >= 15 is 0 Å². The van der Waals surface area contributed by atoms with Gasteiger partial charge < -0.3 is 0 Å². The second-order valence-electron chi connectivity index (χ2n) is 12.5. The fraction of sp³-hybridized carbons (Fsp3) is 0. The summed E-state index contributed by atoms with van der Waals surface area (Å²) >= 11 is 0. The largest absolute Gasteiger partial charge is 0.0616 e. The summed E-state index contributed by atoms with van der Waals surface area (Å²) in [6, 6.07) is 57.8. The van der Waals surface area contributed by atoms with E-state index in [1.807, 2.05) is 0 Å². The molecule has 0 unspecified atom stereocenters. The summed E-state index contributed by atoms with van der Waals surface area (Å²) in [6.45, 7) is 0. The number of fused-ring (bicyclic) bond motifs is 8. The van der Waals surface area contributed by atoms with Crippen LogP contribution in [-0.2, 0) is 0 Å². The summed E-state index contributed by atoms with van der Waals surface area (Å²) in [6.07, 6.45) is 0. The van der Waals surface area contributed by atoms with E-state index in [1.54, 1.807) is 0 Å². The van der Waals surface area contributed by atoms with Gasteiger partial charge in [0.05, 0.1) is 0 Å². The quantitative estimate of drug-likeness (QED) is 0.124. The molecular formula is C46H26. The van der Waals surface area contributed by atoms with Gasteiger partial charge in [0.15, 0.2) is 0 Å². The Hall–Kier alpha value is -6.16. The fourth-order valence-corrected chi connectivity index (χ4v) is 7.29. The van der Waals surface area contributed by atoms with Crippen LogP contribution in [0, 0.1) is 11.8 Å². The number of hydrogen-bond acceptors (Lipinski definition) is 0. The summed E-state index contributed by atoms with van der Waals surface area (Å²) in [5.41, 5.74) is 2.10. The molecule has 0 radical (unpaired) electrons. The number of benzene rings is 10. The van der Waals surface area contributed by atoms with E-state index < -0.39 is 0 Å². The molecule has 0 fully saturated rings. The van der Waals surface area contributed by atoms with E-state index in [9.17, 15) is 0 Å². The van der Waals surface area contributed by atoms with Crippen LogP contribution in [0.4, 0.5) is 0 Å². The molecule has 10 aromatic carbocycles. The predicted octanol–water partition coefficient (Wildman–Crippen LogP) is 12.3. The van der Waals surface area contributed by atoms with Gasteiger partial charge in [-0.1, -0.05) is 84.6 Å². The number of hydrogen-bond donors (Lipinski definition) is 0. The Bertz CT molecular complexity index is 2760. The molecule has 0 amide bonds. The Morgan fingerprint density at radius 1 is 0.217 bits per heavy atom. The molecule has 0 N–H and O–H groups in total. The second-order valence-corrected chi connectivity index (χ2v) is 12.5. The molecule has 0 saturated carbocycles. The molecule has 46 heavy (non-hydrogen) atoms. The van der Waals surface area contributed by atoms with Gasteiger partial charge in [0, 0.05) is 11.1 Å². The van der Waals surface area contributed by atoms with E-state index in [0.29, 0.717) is 0 Å². The van der Waals surface area contributed by atoms with E-state index in [4.69, 9.17) is 0 Å². The maximum atomic E-state index is 3.57. The Morgan fingerprint density at radius 3 is 0.826 bits per heavy atom. The van der Waals surface area contributed by atoms with Crippen molar-refractivity contribution in [3.63, 3.8) is 0 Å². The molecular weight excluding hydrogens is 553 g/mol. The Balaban J connectivity index is 1.11. The second kappa shape index (κ2) is 9.67. The zero-order chi connectivity index (χ0) is 30.2. The van der Waals surface area contributed by atoms with Gasteiger partial charge in [0.1, 0.15) is 0 Å². The lowest BCUT2D eigenvalue weighted by Gasteiger charge is -2.09. The highest BCUT2D eigenvalue weighted by atomic mass is 14.1. The minimum Gasteiger partial charge on any atom is -0.0616 e. The van der Waals surface area contributed by atoms with Gasteiger partial charge in [-0.2, -0.15) is 0 Å². The molecule has 0 aromatic heterocycles. The van der Waals surface area contributed by atoms with Gasteiger partial charge in [-0.05, 0) is 171 Å². The van der Waals surface area contributed by atoms with Gasteiger partial charge in [-0.25, -0.2) is 0 Å². The lowest BCUT2D eigenvalue weighted by atomic mass is 9.95. The van der Waals surface area contributed by atoms with Crippen LogP contribution in [0.3, 0.4) is 0 Å². The molecule has 0 spiro atoms. The minimum atomic E-state index is 1.05. The monoisotopic (exact) mass is 578 g/mol. The standard InChI is InChI=1S/C46H26/c1-3-9-33-19-39-25-43-27-45-29(11-5-13-35(45)21-41(43)23-37(39)17-31(33)7-1)15-16-30-12-6-14-36-22-42-24-38-18-32-8-2-4-10-34(32)20-40(38)26-44(42)28-46(30)36/h1-14,17-28H. The summed E-state index contributed by atoms with van der Waals surface area (Å²) in [5.74, 6) is 7.14. The third kappa shape index (κ3) is 4.03. The zero-order valence-corrected chi connectivity index (χ0v) is 25.0. The Morgan fingerprint density at radius 2 is 0.478 bits per heavy atom. The van der Waals surface area contributed by atoms with E-state index in [0.717, 1.165) is 11.1 Å². The van der Waals surface area contributed by atoms with Gasteiger partial charge in [-0.15, -0.1) is 0 Å². The van der Waals surface area contributed by atoms with Crippen LogP contribution in [0.5, 0.6) is 0 Å². The average molecular weight is 579 g/mol. The molecule has 0 nitrogen and oxygen atoms in total. The first-order valence-corrected chi connectivity index (χ1v) is 15.8. The average Bonchev–Trinajstić information content (AvgIpc) is 3.08. The van der Waals surface area contributed by atoms with Crippen LogP contribution in [0.2, 0.25) is 0 Å². The Kier molecular flexibility index (Phi) is 5.30. The van der Waals surface area contributed by atoms with Gasteiger partial charge in [-0.3, -0.25) is 0 Å². The van der Waals surface area contributed by atoms with Crippen LogP contribution in [-0.4, -0.2) is 0 Å². The van der Waals surface area contributed by atoms with Crippen molar-refractivity contribution >= 4 is 86.2 Å². The first-order valence-electron chi connectivity index (χ1n) is 15.8. The van der Waals surface area contributed by atoms with Crippen LogP contribution < -0.4 is 0 Å². The summed E-state index contributed by atoms with van der Waals surface area (Å²) in [4.78, 5) is 0. The molecule has 0 aliphatic rings. The molecule has 0 heteroatoms. The summed E-state index contributed by atoms with van der Waals surface area (Å²) < 4.78 is 0. The van der Waals surface area contributed by atoms with Crippen molar-refractivity contribution in [2.45, 2.75) is 0 Å². The minimum absolute atomic E-state index is 1.05. The summed E-state index contributed by atoms with van der Waals surface area (Å²) in [7, 11) is 0. The molecule has 0 aliphatic heterocycles. The molecule has 210 valence electrons. The van der Waals surface area contributed by atoms with Crippen molar-refractivity contribution in [2.75, 3.05) is 0 Å². The predicted molar refractivity (Wildman–Crippen MR) is 199 cm³/mol. The van der Waals surface area contributed by atoms with Crippen LogP contribution in [0.15, 0.2) is 158 Å². The van der Waals surface area contributed by atoms with Crippen molar-refractivity contribution < 1.29 is 0 Å². The third-order valence-corrected chi connectivity index (χ3v) is 9.65. The smallest absolute Gasteiger partial charge is 0.0327 e. The topological polar surface area (TPSA) is 0 Å². The molecule has 10 rings (SSSR count). The van der Waals surface area contributed by atoms with Crippen LogP contribution in [0.1, 0.15) is 11.1 Å². The van der Waals surface area contributed by atoms with Crippen molar-refractivity contribution in [1.82, 2.24) is 0 Å². The maximum absolute atomic E-state index is 3.57. The normalized spacial score (nSPS) is 11.7. The van der Waals surface area contributed by atoms with Crippen molar-refractivity contribution in [3.05, 3.63) is 169 Å².